The standard InChI is InChI=1S/C19H19BrN2/c1-12-4-3-5-13(2)17(12)11-22-18-10-15(20)8-9-16(18)19(21-22)14-6-7-14/h3-5,8-10,14H,6-7,11H2,1-2H3. The van der Waals surface area contributed by atoms with E-state index in [0.29, 0.717) is 5.92 Å². The van der Waals surface area contributed by atoms with Crippen LogP contribution in [0.25, 0.3) is 10.9 Å². The van der Waals surface area contributed by atoms with E-state index in [4.69, 9.17) is 5.10 Å². The van der Waals surface area contributed by atoms with Crippen LogP contribution >= 0.6 is 15.9 Å². The molecule has 0 bridgehead atoms. The Labute approximate surface area is 139 Å². The van der Waals surface area contributed by atoms with E-state index in [0.717, 1.165) is 11.0 Å². The van der Waals surface area contributed by atoms with E-state index in [1.54, 1.807) is 0 Å². The molecule has 0 amide bonds. The van der Waals surface area contributed by atoms with Gasteiger partial charge in [0.1, 0.15) is 0 Å². The molecule has 2 aromatic carbocycles. The average molecular weight is 355 g/mol. The number of aromatic nitrogens is 2. The zero-order valence-corrected chi connectivity index (χ0v) is 14.5. The number of rotatable bonds is 3. The Morgan fingerprint density at radius 2 is 1.86 bits per heavy atom. The minimum absolute atomic E-state index is 0.669. The van der Waals surface area contributed by atoms with Gasteiger partial charge in [-0.25, -0.2) is 0 Å². The summed E-state index contributed by atoms with van der Waals surface area (Å²) < 4.78 is 3.30. The molecule has 1 aliphatic rings. The van der Waals surface area contributed by atoms with Gasteiger partial charge in [-0.3, -0.25) is 4.68 Å². The summed E-state index contributed by atoms with van der Waals surface area (Å²) in [7, 11) is 0. The zero-order valence-electron chi connectivity index (χ0n) is 12.9. The maximum Gasteiger partial charge on any atom is 0.0734 e. The van der Waals surface area contributed by atoms with E-state index in [-0.39, 0.29) is 0 Å². The monoisotopic (exact) mass is 354 g/mol. The molecule has 0 spiro atoms. The van der Waals surface area contributed by atoms with Crippen molar-refractivity contribution in [2.75, 3.05) is 0 Å². The molecule has 4 rings (SSSR count). The van der Waals surface area contributed by atoms with E-state index in [2.05, 4.69) is 70.9 Å². The highest BCUT2D eigenvalue weighted by molar-refractivity contribution is 9.10. The van der Waals surface area contributed by atoms with Gasteiger partial charge in [-0.05, 0) is 61.6 Å². The number of aryl methyl sites for hydroxylation is 2. The summed E-state index contributed by atoms with van der Waals surface area (Å²) in [5.74, 6) is 0.669. The molecular formula is C19H19BrN2. The van der Waals surface area contributed by atoms with E-state index in [9.17, 15) is 0 Å². The van der Waals surface area contributed by atoms with Crippen molar-refractivity contribution in [2.24, 2.45) is 0 Å². The summed E-state index contributed by atoms with van der Waals surface area (Å²) in [6.07, 6.45) is 2.57. The Morgan fingerprint density at radius 3 is 2.55 bits per heavy atom. The molecular weight excluding hydrogens is 336 g/mol. The predicted molar refractivity (Wildman–Crippen MR) is 94.4 cm³/mol. The molecule has 22 heavy (non-hydrogen) atoms. The molecule has 0 N–H and O–H groups in total. The lowest BCUT2D eigenvalue weighted by molar-refractivity contribution is 0.688. The van der Waals surface area contributed by atoms with E-state index in [1.807, 2.05) is 0 Å². The lowest BCUT2D eigenvalue weighted by Crippen LogP contribution is -2.05. The maximum atomic E-state index is 4.97. The second-order valence-electron chi connectivity index (χ2n) is 6.35. The van der Waals surface area contributed by atoms with Crippen molar-refractivity contribution in [3.05, 3.63) is 63.3 Å². The van der Waals surface area contributed by atoms with Gasteiger partial charge < -0.3 is 0 Å². The largest absolute Gasteiger partial charge is 0.260 e. The zero-order chi connectivity index (χ0) is 15.3. The molecule has 0 aliphatic heterocycles. The van der Waals surface area contributed by atoms with Crippen molar-refractivity contribution in [1.82, 2.24) is 9.78 Å². The predicted octanol–water partition coefficient (Wildman–Crippen LogP) is 5.34. The second kappa shape index (κ2) is 5.24. The molecule has 3 heteroatoms. The fourth-order valence-electron chi connectivity index (χ4n) is 3.20. The van der Waals surface area contributed by atoms with Crippen LogP contribution in [0.1, 0.15) is 41.1 Å². The summed E-state index contributed by atoms with van der Waals surface area (Å²) >= 11 is 3.60. The highest BCUT2D eigenvalue weighted by atomic mass is 79.9. The Hall–Kier alpha value is -1.61. The fraction of sp³-hybridized carbons (Fsp3) is 0.316. The Morgan fingerprint density at radius 1 is 1.14 bits per heavy atom. The van der Waals surface area contributed by atoms with E-state index in [1.165, 1.54) is 46.1 Å². The molecule has 112 valence electrons. The molecule has 1 heterocycles. The Balaban J connectivity index is 1.86. The average Bonchev–Trinajstić information content (AvgIpc) is 3.27. The summed E-state index contributed by atoms with van der Waals surface area (Å²) in [6, 6.07) is 13.0. The number of hydrogen-bond donors (Lipinski definition) is 0. The smallest absolute Gasteiger partial charge is 0.0734 e. The molecule has 0 atom stereocenters. The fourth-order valence-corrected chi connectivity index (χ4v) is 3.55. The van der Waals surface area contributed by atoms with Crippen LogP contribution < -0.4 is 0 Å². The van der Waals surface area contributed by atoms with Crippen molar-refractivity contribution in [3.8, 4) is 0 Å². The number of hydrogen-bond acceptors (Lipinski definition) is 1. The van der Waals surface area contributed by atoms with Gasteiger partial charge in [-0.2, -0.15) is 5.10 Å². The maximum absolute atomic E-state index is 4.97. The Bertz CT molecular complexity index is 839. The van der Waals surface area contributed by atoms with E-state index >= 15 is 0 Å². The van der Waals surface area contributed by atoms with Crippen molar-refractivity contribution in [1.29, 1.82) is 0 Å². The van der Waals surface area contributed by atoms with Gasteiger partial charge >= 0.3 is 0 Å². The van der Waals surface area contributed by atoms with Crippen molar-refractivity contribution in [2.45, 2.75) is 39.2 Å². The quantitative estimate of drug-likeness (QED) is 0.620. The highest BCUT2D eigenvalue weighted by Crippen LogP contribution is 2.42. The topological polar surface area (TPSA) is 17.8 Å². The first kappa shape index (κ1) is 14.0. The lowest BCUT2D eigenvalue weighted by Gasteiger charge is -2.10. The molecule has 1 aromatic heterocycles. The van der Waals surface area contributed by atoms with Crippen LogP contribution in [0.5, 0.6) is 0 Å². The van der Waals surface area contributed by atoms with Gasteiger partial charge in [0, 0.05) is 15.8 Å². The van der Waals surface area contributed by atoms with Crippen LogP contribution in [0.4, 0.5) is 0 Å². The van der Waals surface area contributed by atoms with Gasteiger partial charge in [-0.1, -0.05) is 34.1 Å². The first-order valence-electron chi connectivity index (χ1n) is 7.84. The van der Waals surface area contributed by atoms with Gasteiger partial charge in [0.05, 0.1) is 17.8 Å². The molecule has 3 aromatic rings. The van der Waals surface area contributed by atoms with Crippen LogP contribution in [0.3, 0.4) is 0 Å². The van der Waals surface area contributed by atoms with Gasteiger partial charge in [0.2, 0.25) is 0 Å². The van der Waals surface area contributed by atoms with Crippen LogP contribution in [-0.2, 0) is 6.54 Å². The third kappa shape index (κ3) is 2.38. The van der Waals surface area contributed by atoms with Crippen LogP contribution in [0.15, 0.2) is 40.9 Å². The molecule has 1 fully saturated rings. The number of fused-ring (bicyclic) bond motifs is 1. The summed E-state index contributed by atoms with van der Waals surface area (Å²) in [6.45, 7) is 5.22. The molecule has 1 saturated carbocycles. The summed E-state index contributed by atoms with van der Waals surface area (Å²) in [5, 5.41) is 6.28. The minimum atomic E-state index is 0.669. The molecule has 2 nitrogen and oxygen atoms in total. The number of benzene rings is 2. The van der Waals surface area contributed by atoms with Crippen LogP contribution in [0, 0.1) is 13.8 Å². The van der Waals surface area contributed by atoms with Crippen molar-refractivity contribution >= 4 is 26.8 Å². The van der Waals surface area contributed by atoms with Crippen molar-refractivity contribution in [3.63, 3.8) is 0 Å². The van der Waals surface area contributed by atoms with Crippen molar-refractivity contribution < 1.29 is 0 Å². The highest BCUT2D eigenvalue weighted by Gasteiger charge is 2.29. The van der Waals surface area contributed by atoms with Gasteiger partial charge in [0.15, 0.2) is 0 Å². The van der Waals surface area contributed by atoms with Crippen LogP contribution in [-0.4, -0.2) is 9.78 Å². The third-order valence-corrected chi connectivity index (χ3v) is 5.15. The van der Waals surface area contributed by atoms with Crippen LogP contribution in [0.2, 0.25) is 0 Å². The summed E-state index contributed by atoms with van der Waals surface area (Å²) in [5.41, 5.74) is 6.58. The Kier molecular flexibility index (Phi) is 3.33. The molecule has 0 unspecified atom stereocenters. The molecule has 0 saturated heterocycles. The SMILES string of the molecule is Cc1cccc(C)c1Cn1nc(C2CC2)c2ccc(Br)cc21. The number of halogens is 1. The molecule has 1 aliphatic carbocycles. The third-order valence-electron chi connectivity index (χ3n) is 4.66. The summed E-state index contributed by atoms with van der Waals surface area (Å²) in [4.78, 5) is 0. The first-order valence-corrected chi connectivity index (χ1v) is 8.64. The second-order valence-corrected chi connectivity index (χ2v) is 7.26. The first-order chi connectivity index (χ1) is 10.6. The van der Waals surface area contributed by atoms with Gasteiger partial charge in [0.25, 0.3) is 0 Å². The van der Waals surface area contributed by atoms with E-state index < -0.39 is 0 Å². The normalized spacial score (nSPS) is 14.7. The lowest BCUT2D eigenvalue weighted by atomic mass is 10.0. The van der Waals surface area contributed by atoms with Gasteiger partial charge in [-0.15, -0.1) is 0 Å². The minimum Gasteiger partial charge on any atom is -0.260 e. The molecule has 0 radical (unpaired) electrons. The number of nitrogens with zero attached hydrogens (tertiary/aromatic N) is 2.